The van der Waals surface area contributed by atoms with Crippen LogP contribution in [0.25, 0.3) is 0 Å². The molecule has 2 atom stereocenters. The summed E-state index contributed by atoms with van der Waals surface area (Å²) in [5.41, 5.74) is 5.41. The molecule has 7 nitrogen and oxygen atoms in total. The SMILES string of the molecule is CC(CC(=O)N1CCCC(C(=O)NCCN)C1)NC(=O)C1CCCC1. The highest BCUT2D eigenvalue weighted by atomic mass is 16.2. The molecular formula is C18H32N4O3. The van der Waals surface area contributed by atoms with Gasteiger partial charge in [-0.25, -0.2) is 0 Å². The number of nitrogens with one attached hydrogen (secondary N) is 2. The molecule has 2 unspecified atom stereocenters. The second-order valence-electron chi connectivity index (χ2n) is 7.35. The van der Waals surface area contributed by atoms with E-state index in [1.54, 1.807) is 4.90 Å². The molecule has 142 valence electrons. The number of piperidine rings is 1. The first-order chi connectivity index (χ1) is 12.0. The number of carbonyl (C=O) groups excluding carboxylic acids is 3. The first-order valence-corrected chi connectivity index (χ1v) is 9.57. The molecule has 1 heterocycles. The summed E-state index contributed by atoms with van der Waals surface area (Å²) in [6, 6.07) is -0.174. The highest BCUT2D eigenvalue weighted by Crippen LogP contribution is 2.25. The van der Waals surface area contributed by atoms with Crippen molar-refractivity contribution >= 4 is 17.7 Å². The van der Waals surface area contributed by atoms with Gasteiger partial charge in [-0.3, -0.25) is 14.4 Å². The molecule has 1 saturated heterocycles. The zero-order valence-electron chi connectivity index (χ0n) is 15.3. The van der Waals surface area contributed by atoms with Crippen LogP contribution >= 0.6 is 0 Å². The van der Waals surface area contributed by atoms with Crippen LogP contribution in [0.3, 0.4) is 0 Å². The van der Waals surface area contributed by atoms with Gasteiger partial charge in [0, 0.05) is 44.6 Å². The number of hydrogen-bond donors (Lipinski definition) is 3. The van der Waals surface area contributed by atoms with E-state index in [0.29, 0.717) is 26.2 Å². The van der Waals surface area contributed by atoms with Crippen molar-refractivity contribution < 1.29 is 14.4 Å². The fraction of sp³-hybridized carbons (Fsp3) is 0.833. The van der Waals surface area contributed by atoms with Crippen molar-refractivity contribution in [2.75, 3.05) is 26.2 Å². The summed E-state index contributed by atoms with van der Waals surface area (Å²) in [5, 5.41) is 5.77. The van der Waals surface area contributed by atoms with E-state index in [-0.39, 0.29) is 42.0 Å². The van der Waals surface area contributed by atoms with Crippen LogP contribution in [0.5, 0.6) is 0 Å². The highest BCUT2D eigenvalue weighted by molar-refractivity contribution is 5.83. The van der Waals surface area contributed by atoms with Crippen LogP contribution in [-0.2, 0) is 14.4 Å². The molecule has 2 rings (SSSR count). The predicted molar refractivity (Wildman–Crippen MR) is 95.5 cm³/mol. The van der Waals surface area contributed by atoms with Gasteiger partial charge < -0.3 is 21.3 Å². The number of nitrogens with two attached hydrogens (primary N) is 1. The number of amides is 3. The van der Waals surface area contributed by atoms with Crippen molar-refractivity contribution in [2.24, 2.45) is 17.6 Å². The Morgan fingerprint density at radius 1 is 1.08 bits per heavy atom. The standard InChI is InChI=1S/C18H32N4O3/c1-13(21-18(25)14-5-2-3-6-14)11-16(23)22-10-4-7-15(12-22)17(24)20-9-8-19/h13-15H,2-12,19H2,1H3,(H,20,24)(H,21,25). The lowest BCUT2D eigenvalue weighted by Gasteiger charge is -2.33. The van der Waals surface area contributed by atoms with E-state index >= 15 is 0 Å². The maximum absolute atomic E-state index is 12.5. The van der Waals surface area contributed by atoms with Gasteiger partial charge in [-0.1, -0.05) is 12.8 Å². The first-order valence-electron chi connectivity index (χ1n) is 9.57. The molecule has 0 aromatic carbocycles. The van der Waals surface area contributed by atoms with Crippen molar-refractivity contribution in [2.45, 2.75) is 57.9 Å². The quantitative estimate of drug-likeness (QED) is 0.616. The van der Waals surface area contributed by atoms with Crippen molar-refractivity contribution in [3.05, 3.63) is 0 Å². The molecule has 0 spiro atoms. The zero-order chi connectivity index (χ0) is 18.2. The maximum Gasteiger partial charge on any atom is 0.224 e. The largest absolute Gasteiger partial charge is 0.355 e. The lowest BCUT2D eigenvalue weighted by Crippen LogP contribution is -2.47. The summed E-state index contributed by atoms with van der Waals surface area (Å²) in [7, 11) is 0. The molecule has 25 heavy (non-hydrogen) atoms. The van der Waals surface area contributed by atoms with Crippen LogP contribution in [0.15, 0.2) is 0 Å². The topological polar surface area (TPSA) is 105 Å². The van der Waals surface area contributed by atoms with Crippen molar-refractivity contribution in [1.29, 1.82) is 0 Å². The molecule has 1 aliphatic heterocycles. The van der Waals surface area contributed by atoms with E-state index < -0.39 is 0 Å². The summed E-state index contributed by atoms with van der Waals surface area (Å²) in [5.74, 6) is 0.0207. The number of rotatable bonds is 7. The normalized spacial score (nSPS) is 22.5. The Hall–Kier alpha value is -1.63. The van der Waals surface area contributed by atoms with Gasteiger partial charge in [-0.15, -0.1) is 0 Å². The first kappa shape index (κ1) is 19.7. The third-order valence-corrected chi connectivity index (χ3v) is 5.18. The molecule has 7 heteroatoms. The average Bonchev–Trinajstić information content (AvgIpc) is 3.14. The third kappa shape index (κ3) is 5.99. The van der Waals surface area contributed by atoms with Gasteiger partial charge in [-0.2, -0.15) is 0 Å². The molecule has 0 aromatic rings. The molecule has 0 radical (unpaired) electrons. The monoisotopic (exact) mass is 352 g/mol. The predicted octanol–water partition coefficient (Wildman–Crippen LogP) is 0.385. The molecule has 4 N–H and O–H groups in total. The number of carbonyl (C=O) groups is 3. The molecular weight excluding hydrogens is 320 g/mol. The summed E-state index contributed by atoms with van der Waals surface area (Å²) < 4.78 is 0. The van der Waals surface area contributed by atoms with E-state index in [1.807, 2.05) is 6.92 Å². The van der Waals surface area contributed by atoms with Gasteiger partial charge in [0.25, 0.3) is 0 Å². The van der Waals surface area contributed by atoms with E-state index in [4.69, 9.17) is 5.73 Å². The van der Waals surface area contributed by atoms with Gasteiger partial charge in [0.2, 0.25) is 17.7 Å². The second kappa shape index (κ2) is 9.75. The molecule has 1 aliphatic carbocycles. The maximum atomic E-state index is 12.5. The minimum atomic E-state index is -0.174. The fourth-order valence-electron chi connectivity index (χ4n) is 3.75. The lowest BCUT2D eigenvalue weighted by molar-refractivity contribution is -0.136. The summed E-state index contributed by atoms with van der Waals surface area (Å²) in [6.07, 6.45) is 6.06. The van der Waals surface area contributed by atoms with Crippen LogP contribution in [0, 0.1) is 11.8 Å². The molecule has 3 amide bonds. The fourth-order valence-corrected chi connectivity index (χ4v) is 3.75. The van der Waals surface area contributed by atoms with Crippen molar-refractivity contribution in [3.63, 3.8) is 0 Å². The van der Waals surface area contributed by atoms with E-state index in [0.717, 1.165) is 38.5 Å². The highest BCUT2D eigenvalue weighted by Gasteiger charge is 2.29. The van der Waals surface area contributed by atoms with Gasteiger partial charge >= 0.3 is 0 Å². The van der Waals surface area contributed by atoms with Gasteiger partial charge in [0.1, 0.15) is 0 Å². The molecule has 2 aliphatic rings. The molecule has 2 fully saturated rings. The average molecular weight is 352 g/mol. The van der Waals surface area contributed by atoms with Crippen LogP contribution in [0.4, 0.5) is 0 Å². The number of nitrogens with zero attached hydrogens (tertiary/aromatic N) is 1. The van der Waals surface area contributed by atoms with Crippen LogP contribution in [-0.4, -0.2) is 54.8 Å². The zero-order valence-corrected chi connectivity index (χ0v) is 15.3. The summed E-state index contributed by atoms with van der Waals surface area (Å²) in [6.45, 7) is 3.90. The molecule has 1 saturated carbocycles. The van der Waals surface area contributed by atoms with Crippen LogP contribution < -0.4 is 16.4 Å². The summed E-state index contributed by atoms with van der Waals surface area (Å²) >= 11 is 0. The smallest absolute Gasteiger partial charge is 0.224 e. The Labute approximate surface area is 150 Å². The Morgan fingerprint density at radius 2 is 1.76 bits per heavy atom. The van der Waals surface area contributed by atoms with Gasteiger partial charge in [0.05, 0.1) is 5.92 Å². The second-order valence-corrected chi connectivity index (χ2v) is 7.35. The molecule has 0 aromatic heterocycles. The van der Waals surface area contributed by atoms with Gasteiger partial charge in [0.15, 0.2) is 0 Å². The number of likely N-dealkylation sites (tertiary alicyclic amines) is 1. The van der Waals surface area contributed by atoms with Crippen molar-refractivity contribution in [1.82, 2.24) is 15.5 Å². The minimum Gasteiger partial charge on any atom is -0.355 e. The lowest BCUT2D eigenvalue weighted by atomic mass is 9.96. The minimum absolute atomic E-state index is 0.00977. The Bertz CT molecular complexity index is 477. The Kier molecular flexibility index (Phi) is 7.68. The molecule has 0 bridgehead atoms. The number of hydrogen-bond acceptors (Lipinski definition) is 4. The summed E-state index contributed by atoms with van der Waals surface area (Å²) in [4.78, 5) is 38.5. The van der Waals surface area contributed by atoms with Crippen LogP contribution in [0.1, 0.15) is 51.9 Å². The van der Waals surface area contributed by atoms with E-state index in [9.17, 15) is 14.4 Å². The van der Waals surface area contributed by atoms with Gasteiger partial charge in [-0.05, 0) is 32.6 Å². The van der Waals surface area contributed by atoms with Crippen LogP contribution in [0.2, 0.25) is 0 Å². The Morgan fingerprint density at radius 3 is 2.44 bits per heavy atom. The van der Waals surface area contributed by atoms with E-state index in [2.05, 4.69) is 10.6 Å². The van der Waals surface area contributed by atoms with E-state index in [1.165, 1.54) is 0 Å². The van der Waals surface area contributed by atoms with Crippen molar-refractivity contribution in [3.8, 4) is 0 Å². The Balaban J connectivity index is 1.76. The third-order valence-electron chi connectivity index (χ3n) is 5.18.